The number of hydrogen-bond donors (Lipinski definition) is 0. The standard InChI is InChI=1S/C24H25ClN2O2/c25-21-9-7-17(8-10-21)16-3-5-19(6-4-16)24(29-15-28)23-12-20(18-1-2-18)11-22-13-26-14-27(22)23/h7-16,18-19,24H,1-6H2. The van der Waals surface area contributed by atoms with Gasteiger partial charge in [-0.05, 0) is 85.8 Å². The first-order valence-corrected chi connectivity index (χ1v) is 10.9. The van der Waals surface area contributed by atoms with Crippen LogP contribution in [0.1, 0.15) is 73.3 Å². The largest absolute Gasteiger partial charge is 0.458 e. The van der Waals surface area contributed by atoms with Gasteiger partial charge in [-0.3, -0.25) is 9.20 Å². The number of hydrogen-bond acceptors (Lipinski definition) is 3. The second kappa shape index (κ2) is 7.83. The molecule has 0 N–H and O–H groups in total. The maximum absolute atomic E-state index is 11.4. The molecule has 29 heavy (non-hydrogen) atoms. The summed E-state index contributed by atoms with van der Waals surface area (Å²) in [6, 6.07) is 12.7. The van der Waals surface area contributed by atoms with Gasteiger partial charge in [-0.15, -0.1) is 0 Å². The summed E-state index contributed by atoms with van der Waals surface area (Å²) in [6.07, 6.45) is 10.3. The SMILES string of the molecule is O=COC(c1cc(C2CC2)cc2cncn12)C1CCC(c2ccc(Cl)cc2)CC1. The van der Waals surface area contributed by atoms with Crippen LogP contribution in [-0.2, 0) is 9.53 Å². The van der Waals surface area contributed by atoms with Crippen LogP contribution in [-0.4, -0.2) is 15.9 Å². The third kappa shape index (κ3) is 3.78. The summed E-state index contributed by atoms with van der Waals surface area (Å²) in [5.74, 6) is 1.52. The third-order valence-corrected chi connectivity index (χ3v) is 6.91. The van der Waals surface area contributed by atoms with Crippen molar-refractivity contribution in [2.75, 3.05) is 0 Å². The van der Waals surface area contributed by atoms with E-state index in [1.165, 1.54) is 24.0 Å². The van der Waals surface area contributed by atoms with Gasteiger partial charge in [0.25, 0.3) is 6.47 Å². The van der Waals surface area contributed by atoms with E-state index in [1.54, 1.807) is 0 Å². The van der Waals surface area contributed by atoms with Gasteiger partial charge in [-0.1, -0.05) is 23.7 Å². The van der Waals surface area contributed by atoms with E-state index in [4.69, 9.17) is 16.3 Å². The molecule has 0 bridgehead atoms. The van der Waals surface area contributed by atoms with E-state index in [1.807, 2.05) is 24.7 Å². The topological polar surface area (TPSA) is 43.6 Å². The molecule has 0 radical (unpaired) electrons. The van der Waals surface area contributed by atoms with Gasteiger partial charge in [0, 0.05) is 10.9 Å². The Morgan fingerprint density at radius 1 is 1.00 bits per heavy atom. The Hall–Kier alpha value is -2.33. The van der Waals surface area contributed by atoms with Gasteiger partial charge < -0.3 is 4.74 Å². The molecule has 5 rings (SSSR count). The van der Waals surface area contributed by atoms with E-state index in [2.05, 4.69) is 33.7 Å². The van der Waals surface area contributed by atoms with Gasteiger partial charge in [-0.25, -0.2) is 4.98 Å². The minimum atomic E-state index is -0.228. The summed E-state index contributed by atoms with van der Waals surface area (Å²) in [5.41, 5.74) is 4.85. The highest BCUT2D eigenvalue weighted by Gasteiger charge is 2.33. The van der Waals surface area contributed by atoms with Crippen LogP contribution in [0.5, 0.6) is 0 Å². The Kier molecular flexibility index (Phi) is 5.04. The van der Waals surface area contributed by atoms with E-state index in [0.717, 1.165) is 41.9 Å². The van der Waals surface area contributed by atoms with Crippen LogP contribution >= 0.6 is 11.6 Å². The minimum Gasteiger partial charge on any atom is -0.458 e. The van der Waals surface area contributed by atoms with Crippen LogP contribution in [0.15, 0.2) is 48.9 Å². The van der Waals surface area contributed by atoms with Gasteiger partial charge in [-0.2, -0.15) is 0 Å². The molecule has 3 aromatic rings. The van der Waals surface area contributed by atoms with Gasteiger partial charge in [0.05, 0.1) is 23.7 Å². The average Bonchev–Trinajstić information content (AvgIpc) is 3.49. The molecule has 0 spiro atoms. The summed E-state index contributed by atoms with van der Waals surface area (Å²) in [5, 5.41) is 0.779. The molecule has 2 aliphatic rings. The zero-order valence-electron chi connectivity index (χ0n) is 16.3. The van der Waals surface area contributed by atoms with Gasteiger partial charge in [0.1, 0.15) is 6.10 Å². The number of halogens is 1. The fraction of sp³-hybridized carbons (Fsp3) is 0.417. The Morgan fingerprint density at radius 2 is 1.69 bits per heavy atom. The predicted octanol–water partition coefficient (Wildman–Crippen LogP) is 6.05. The summed E-state index contributed by atoms with van der Waals surface area (Å²) in [7, 11) is 0. The van der Waals surface area contributed by atoms with E-state index in [-0.39, 0.29) is 6.10 Å². The zero-order chi connectivity index (χ0) is 19.8. The van der Waals surface area contributed by atoms with Crippen molar-refractivity contribution in [3.63, 3.8) is 0 Å². The number of carbonyl (C=O) groups excluding carboxylic acids is 1. The normalized spacial score (nSPS) is 23.1. The van der Waals surface area contributed by atoms with Crippen molar-refractivity contribution in [3.05, 3.63) is 70.8 Å². The number of benzene rings is 1. The molecule has 0 amide bonds. The molecule has 1 unspecified atom stereocenters. The van der Waals surface area contributed by atoms with Crippen molar-refractivity contribution in [2.45, 2.75) is 56.5 Å². The molecule has 0 saturated heterocycles. The molecular weight excluding hydrogens is 384 g/mol. The molecule has 1 aromatic carbocycles. The first kappa shape index (κ1) is 18.7. The average molecular weight is 409 g/mol. The van der Waals surface area contributed by atoms with Crippen molar-refractivity contribution in [1.82, 2.24) is 9.38 Å². The van der Waals surface area contributed by atoms with Crippen LogP contribution < -0.4 is 0 Å². The van der Waals surface area contributed by atoms with Crippen LogP contribution in [0.4, 0.5) is 0 Å². The first-order valence-electron chi connectivity index (χ1n) is 10.5. The number of fused-ring (bicyclic) bond motifs is 1. The number of imidazole rings is 1. The fourth-order valence-electron chi connectivity index (χ4n) is 4.92. The number of carbonyl (C=O) groups is 1. The molecule has 0 aliphatic heterocycles. The predicted molar refractivity (Wildman–Crippen MR) is 113 cm³/mol. The van der Waals surface area contributed by atoms with Gasteiger partial charge in [0.2, 0.25) is 0 Å². The summed E-state index contributed by atoms with van der Waals surface area (Å²) in [6.45, 7) is 0.614. The Balaban J connectivity index is 1.40. The van der Waals surface area contributed by atoms with Gasteiger partial charge in [0.15, 0.2) is 0 Å². The lowest BCUT2D eigenvalue weighted by Gasteiger charge is -2.33. The minimum absolute atomic E-state index is 0.228. The number of pyridine rings is 1. The van der Waals surface area contributed by atoms with Crippen molar-refractivity contribution < 1.29 is 9.53 Å². The molecule has 5 heteroatoms. The van der Waals surface area contributed by atoms with Crippen molar-refractivity contribution >= 4 is 23.6 Å². The van der Waals surface area contributed by atoms with Crippen LogP contribution in [0.25, 0.3) is 5.52 Å². The lowest BCUT2D eigenvalue weighted by molar-refractivity contribution is -0.137. The Morgan fingerprint density at radius 3 is 2.38 bits per heavy atom. The second-order valence-electron chi connectivity index (χ2n) is 8.49. The zero-order valence-corrected chi connectivity index (χ0v) is 17.1. The summed E-state index contributed by atoms with van der Waals surface area (Å²) in [4.78, 5) is 15.7. The van der Waals surface area contributed by atoms with Crippen molar-refractivity contribution in [1.29, 1.82) is 0 Å². The molecule has 1 atom stereocenters. The number of ether oxygens (including phenoxy) is 1. The lowest BCUT2D eigenvalue weighted by atomic mass is 9.76. The van der Waals surface area contributed by atoms with E-state index in [9.17, 15) is 4.79 Å². The smallest absolute Gasteiger partial charge is 0.293 e. The quantitative estimate of drug-likeness (QED) is 0.466. The van der Waals surface area contributed by atoms with Crippen LogP contribution in [0.3, 0.4) is 0 Å². The maximum atomic E-state index is 11.4. The molecular formula is C24H25ClN2O2. The van der Waals surface area contributed by atoms with Gasteiger partial charge >= 0.3 is 0 Å². The van der Waals surface area contributed by atoms with E-state index in [0.29, 0.717) is 24.2 Å². The summed E-state index contributed by atoms with van der Waals surface area (Å²) < 4.78 is 7.80. The first-order chi connectivity index (χ1) is 14.2. The fourth-order valence-corrected chi connectivity index (χ4v) is 5.05. The molecule has 4 nitrogen and oxygen atoms in total. The molecule has 2 aliphatic carbocycles. The van der Waals surface area contributed by atoms with Crippen molar-refractivity contribution in [2.24, 2.45) is 5.92 Å². The molecule has 2 saturated carbocycles. The molecule has 2 heterocycles. The highest BCUT2D eigenvalue weighted by atomic mass is 35.5. The third-order valence-electron chi connectivity index (χ3n) is 6.66. The lowest BCUT2D eigenvalue weighted by Crippen LogP contribution is -2.23. The van der Waals surface area contributed by atoms with Crippen LogP contribution in [0.2, 0.25) is 5.02 Å². The van der Waals surface area contributed by atoms with Crippen LogP contribution in [0, 0.1) is 5.92 Å². The molecule has 2 fully saturated rings. The Bertz CT molecular complexity index is 1000. The van der Waals surface area contributed by atoms with Crippen molar-refractivity contribution in [3.8, 4) is 0 Å². The number of nitrogens with zero attached hydrogens (tertiary/aromatic N) is 2. The summed E-state index contributed by atoms with van der Waals surface area (Å²) >= 11 is 6.04. The highest BCUT2D eigenvalue weighted by Crippen LogP contribution is 2.45. The molecule has 150 valence electrons. The highest BCUT2D eigenvalue weighted by molar-refractivity contribution is 6.30. The monoisotopic (exact) mass is 408 g/mol. The maximum Gasteiger partial charge on any atom is 0.293 e. The number of rotatable bonds is 6. The number of aromatic nitrogens is 2. The molecule has 2 aromatic heterocycles. The van der Waals surface area contributed by atoms with E-state index >= 15 is 0 Å². The second-order valence-corrected chi connectivity index (χ2v) is 8.93. The Labute approximate surface area is 175 Å². The van der Waals surface area contributed by atoms with E-state index < -0.39 is 0 Å².